The first-order valence-electron chi connectivity index (χ1n) is 4.52. The molecular formula is C10H14N2O. The van der Waals surface area contributed by atoms with Crippen LogP contribution in [0.3, 0.4) is 0 Å². The van der Waals surface area contributed by atoms with E-state index in [2.05, 4.69) is 10.5 Å². The summed E-state index contributed by atoms with van der Waals surface area (Å²) in [4.78, 5) is 9.76. The van der Waals surface area contributed by atoms with Crippen molar-refractivity contribution in [3.63, 3.8) is 0 Å². The SMILES string of the molecule is C1CCNC1.O=Nc1ccccc1. The Morgan fingerprint density at radius 2 is 1.69 bits per heavy atom. The van der Waals surface area contributed by atoms with Crippen molar-refractivity contribution in [2.24, 2.45) is 5.18 Å². The first-order valence-corrected chi connectivity index (χ1v) is 4.52. The molecule has 0 spiro atoms. The number of nitroso groups, excluding NO2 is 1. The van der Waals surface area contributed by atoms with Crippen molar-refractivity contribution >= 4 is 5.69 Å². The molecule has 0 saturated carbocycles. The van der Waals surface area contributed by atoms with Crippen molar-refractivity contribution < 1.29 is 0 Å². The van der Waals surface area contributed by atoms with Gasteiger partial charge in [0, 0.05) is 0 Å². The maximum Gasteiger partial charge on any atom is 0.107 e. The van der Waals surface area contributed by atoms with Gasteiger partial charge in [0.1, 0.15) is 5.69 Å². The van der Waals surface area contributed by atoms with Crippen LogP contribution in [0.1, 0.15) is 12.8 Å². The zero-order valence-corrected chi connectivity index (χ0v) is 7.57. The van der Waals surface area contributed by atoms with E-state index in [4.69, 9.17) is 0 Å². The van der Waals surface area contributed by atoms with Gasteiger partial charge in [0.2, 0.25) is 0 Å². The van der Waals surface area contributed by atoms with Gasteiger partial charge in [-0.25, -0.2) is 0 Å². The normalized spacial score (nSPS) is 14.5. The fraction of sp³-hybridized carbons (Fsp3) is 0.400. The van der Waals surface area contributed by atoms with Crippen molar-refractivity contribution in [3.05, 3.63) is 35.2 Å². The Morgan fingerprint density at radius 1 is 1.08 bits per heavy atom. The van der Waals surface area contributed by atoms with Gasteiger partial charge >= 0.3 is 0 Å². The molecule has 3 heteroatoms. The second-order valence-electron chi connectivity index (χ2n) is 2.88. The Morgan fingerprint density at radius 3 is 2.00 bits per heavy atom. The van der Waals surface area contributed by atoms with E-state index >= 15 is 0 Å². The van der Waals surface area contributed by atoms with E-state index in [1.54, 1.807) is 24.3 Å². The van der Waals surface area contributed by atoms with Crippen LogP contribution < -0.4 is 5.32 Å². The average Bonchev–Trinajstić information content (AvgIpc) is 2.77. The van der Waals surface area contributed by atoms with E-state index in [1.165, 1.54) is 25.9 Å². The first-order chi connectivity index (χ1) is 6.43. The van der Waals surface area contributed by atoms with Crippen molar-refractivity contribution in [3.8, 4) is 0 Å². The summed E-state index contributed by atoms with van der Waals surface area (Å²) in [5.74, 6) is 0. The Balaban J connectivity index is 0.000000145. The topological polar surface area (TPSA) is 41.5 Å². The monoisotopic (exact) mass is 178 g/mol. The van der Waals surface area contributed by atoms with Crippen molar-refractivity contribution in [1.29, 1.82) is 0 Å². The van der Waals surface area contributed by atoms with Crippen molar-refractivity contribution in [2.75, 3.05) is 13.1 Å². The summed E-state index contributed by atoms with van der Waals surface area (Å²) in [5.41, 5.74) is 0.479. The number of hydrogen-bond donors (Lipinski definition) is 1. The second kappa shape index (κ2) is 6.31. The molecule has 1 aliphatic heterocycles. The Bertz CT molecular complexity index is 224. The minimum atomic E-state index is 0.479. The zero-order valence-electron chi connectivity index (χ0n) is 7.57. The van der Waals surface area contributed by atoms with Crippen molar-refractivity contribution in [1.82, 2.24) is 5.32 Å². The summed E-state index contributed by atoms with van der Waals surface area (Å²) in [5, 5.41) is 5.94. The zero-order chi connectivity index (χ0) is 9.36. The predicted octanol–water partition coefficient (Wildman–Crippen LogP) is 2.45. The van der Waals surface area contributed by atoms with Gasteiger partial charge in [-0.1, -0.05) is 18.2 Å². The van der Waals surface area contributed by atoms with E-state index in [-0.39, 0.29) is 0 Å². The van der Waals surface area contributed by atoms with E-state index in [9.17, 15) is 4.91 Å². The van der Waals surface area contributed by atoms with Crippen LogP contribution in [-0.2, 0) is 0 Å². The fourth-order valence-corrected chi connectivity index (χ4v) is 1.11. The molecule has 1 fully saturated rings. The number of rotatable bonds is 1. The van der Waals surface area contributed by atoms with Crippen LogP contribution in [0.5, 0.6) is 0 Å². The molecule has 0 aromatic heterocycles. The Hall–Kier alpha value is -1.22. The maximum absolute atomic E-state index is 9.76. The van der Waals surface area contributed by atoms with E-state index < -0.39 is 0 Å². The Kier molecular flexibility index (Phi) is 4.79. The number of nitrogens with one attached hydrogen (secondary N) is 1. The predicted molar refractivity (Wildman–Crippen MR) is 54.0 cm³/mol. The molecule has 1 saturated heterocycles. The van der Waals surface area contributed by atoms with Crippen LogP contribution in [0, 0.1) is 4.91 Å². The van der Waals surface area contributed by atoms with Gasteiger partial charge in [-0.3, -0.25) is 0 Å². The van der Waals surface area contributed by atoms with Gasteiger partial charge in [-0.15, -0.1) is 4.91 Å². The molecule has 0 unspecified atom stereocenters. The van der Waals surface area contributed by atoms with Crippen LogP contribution in [-0.4, -0.2) is 13.1 Å². The van der Waals surface area contributed by atoms with E-state index in [0.29, 0.717) is 5.69 Å². The molecule has 1 heterocycles. The molecule has 0 bridgehead atoms. The van der Waals surface area contributed by atoms with Crippen molar-refractivity contribution in [2.45, 2.75) is 12.8 Å². The lowest BCUT2D eigenvalue weighted by Crippen LogP contribution is -2.03. The van der Waals surface area contributed by atoms with E-state index in [1.807, 2.05) is 6.07 Å². The molecule has 3 nitrogen and oxygen atoms in total. The molecule has 1 N–H and O–H groups in total. The maximum atomic E-state index is 9.76. The van der Waals surface area contributed by atoms with Crippen LogP contribution in [0.25, 0.3) is 0 Å². The van der Waals surface area contributed by atoms with Gasteiger partial charge in [0.15, 0.2) is 0 Å². The molecule has 0 radical (unpaired) electrons. The highest BCUT2D eigenvalue weighted by molar-refractivity contribution is 5.34. The summed E-state index contributed by atoms with van der Waals surface area (Å²) < 4.78 is 0. The van der Waals surface area contributed by atoms with Gasteiger partial charge in [0.05, 0.1) is 0 Å². The van der Waals surface area contributed by atoms with Gasteiger partial charge in [0.25, 0.3) is 0 Å². The average molecular weight is 178 g/mol. The lowest BCUT2D eigenvalue weighted by molar-refractivity contribution is 0.857. The summed E-state index contributed by atoms with van der Waals surface area (Å²) >= 11 is 0. The lowest BCUT2D eigenvalue weighted by Gasteiger charge is -1.80. The van der Waals surface area contributed by atoms with E-state index in [0.717, 1.165) is 0 Å². The fourth-order valence-electron chi connectivity index (χ4n) is 1.11. The lowest BCUT2D eigenvalue weighted by atomic mass is 10.3. The van der Waals surface area contributed by atoms with Gasteiger partial charge < -0.3 is 5.32 Å². The highest BCUT2D eigenvalue weighted by Gasteiger charge is 1.93. The number of nitrogens with zero attached hydrogens (tertiary/aromatic N) is 1. The molecule has 1 aromatic carbocycles. The van der Waals surface area contributed by atoms with Gasteiger partial charge in [-0.2, -0.15) is 0 Å². The van der Waals surface area contributed by atoms with Crippen LogP contribution in [0.4, 0.5) is 5.69 Å². The van der Waals surface area contributed by atoms with Crippen LogP contribution >= 0.6 is 0 Å². The molecule has 0 aliphatic carbocycles. The third kappa shape index (κ3) is 4.38. The third-order valence-corrected chi connectivity index (χ3v) is 1.82. The van der Waals surface area contributed by atoms with Crippen LogP contribution in [0.2, 0.25) is 0 Å². The molecule has 1 aromatic rings. The Labute approximate surface area is 78.1 Å². The smallest absolute Gasteiger partial charge is 0.107 e. The third-order valence-electron chi connectivity index (χ3n) is 1.82. The number of benzene rings is 1. The minimum absolute atomic E-state index is 0.479. The molecule has 0 atom stereocenters. The summed E-state index contributed by atoms with van der Waals surface area (Å²) in [6, 6.07) is 8.71. The first kappa shape index (κ1) is 9.86. The second-order valence-corrected chi connectivity index (χ2v) is 2.88. The molecular weight excluding hydrogens is 164 g/mol. The standard InChI is InChI=1S/C6H5NO.C4H9N/c8-7-6-4-2-1-3-5-6;1-2-4-5-3-1/h1-5H;5H,1-4H2. The van der Waals surface area contributed by atoms with Crippen LogP contribution in [0.15, 0.2) is 35.5 Å². The number of hydrogen-bond acceptors (Lipinski definition) is 3. The molecule has 2 rings (SSSR count). The quantitative estimate of drug-likeness (QED) is 0.671. The van der Waals surface area contributed by atoms with Gasteiger partial charge in [-0.05, 0) is 43.2 Å². The summed E-state index contributed by atoms with van der Waals surface area (Å²) in [6.45, 7) is 2.50. The minimum Gasteiger partial charge on any atom is -0.317 e. The highest BCUT2D eigenvalue weighted by Crippen LogP contribution is 2.07. The molecule has 70 valence electrons. The highest BCUT2D eigenvalue weighted by atomic mass is 16.3. The molecule has 13 heavy (non-hydrogen) atoms. The molecule has 1 aliphatic rings. The summed E-state index contributed by atoms with van der Waals surface area (Å²) in [7, 11) is 0. The largest absolute Gasteiger partial charge is 0.317 e. The summed E-state index contributed by atoms with van der Waals surface area (Å²) in [6.07, 6.45) is 2.78. The molecule has 0 amide bonds.